The van der Waals surface area contributed by atoms with Crippen molar-refractivity contribution in [1.82, 2.24) is 10.6 Å². The average molecular weight is 591 g/mol. The molecule has 0 bridgehead atoms. The van der Waals surface area contributed by atoms with Gasteiger partial charge in [0.25, 0.3) is 0 Å². The van der Waals surface area contributed by atoms with Gasteiger partial charge in [-0.2, -0.15) is 23.5 Å². The molecule has 39 heavy (non-hydrogen) atoms. The standard InChI is InChI=1S/C28H50N2O7S2/c1-17(2)21(31)11-12-28(7,8)37-14-13-27(5,6)26(36)30-20(25(34)35)16-39-23-10-9-22(23)38-15-19(24(32)33)29-18(3)4/h17-20,22-23,29H,9-16H2,1-8H3,(H,30,36)(H,32,33)(H,34,35). The zero-order valence-corrected chi connectivity index (χ0v) is 26.5. The van der Waals surface area contributed by atoms with Crippen molar-refractivity contribution in [2.45, 2.75) is 122 Å². The highest BCUT2D eigenvalue weighted by atomic mass is 32.2. The van der Waals surface area contributed by atoms with E-state index < -0.39 is 35.0 Å². The molecule has 226 valence electrons. The Hall–Kier alpha value is -1.30. The number of carboxylic acid groups (broad SMARTS) is 2. The highest BCUT2D eigenvalue weighted by Crippen LogP contribution is 2.40. The lowest BCUT2D eigenvalue weighted by atomic mass is 9.88. The minimum atomic E-state index is -1.07. The average Bonchev–Trinajstić information content (AvgIpc) is 2.79. The summed E-state index contributed by atoms with van der Waals surface area (Å²) in [6.07, 6.45) is 3.37. The topological polar surface area (TPSA) is 142 Å². The van der Waals surface area contributed by atoms with Crippen LogP contribution in [0.3, 0.4) is 0 Å². The third-order valence-electron chi connectivity index (χ3n) is 6.99. The second kappa shape index (κ2) is 16.2. The second-order valence-electron chi connectivity index (χ2n) is 12.3. The summed E-state index contributed by atoms with van der Waals surface area (Å²) in [7, 11) is 0. The molecule has 11 heteroatoms. The zero-order chi connectivity index (χ0) is 30.0. The van der Waals surface area contributed by atoms with Crippen LogP contribution in [-0.2, 0) is 23.9 Å². The van der Waals surface area contributed by atoms with E-state index >= 15 is 0 Å². The lowest BCUT2D eigenvalue weighted by Gasteiger charge is -2.37. The van der Waals surface area contributed by atoms with Crippen LogP contribution >= 0.6 is 23.5 Å². The summed E-state index contributed by atoms with van der Waals surface area (Å²) in [4.78, 5) is 48.3. The van der Waals surface area contributed by atoms with Crippen molar-refractivity contribution in [2.75, 3.05) is 18.1 Å². The number of Topliss-reactive ketones (excluding diaryl/α,β-unsaturated/α-hetero) is 1. The van der Waals surface area contributed by atoms with Gasteiger partial charge < -0.3 is 25.6 Å². The molecule has 0 aromatic heterocycles. The molecule has 4 N–H and O–H groups in total. The van der Waals surface area contributed by atoms with Gasteiger partial charge in [0.15, 0.2) is 0 Å². The number of thioether (sulfide) groups is 2. The van der Waals surface area contributed by atoms with Crippen molar-refractivity contribution in [3.63, 3.8) is 0 Å². The number of ketones is 1. The van der Waals surface area contributed by atoms with Crippen LogP contribution in [0.2, 0.25) is 0 Å². The molecular formula is C28H50N2O7S2. The number of hydrogen-bond acceptors (Lipinski definition) is 8. The first-order valence-electron chi connectivity index (χ1n) is 13.9. The predicted molar refractivity (Wildman–Crippen MR) is 158 cm³/mol. The Bertz CT molecular complexity index is 833. The number of nitrogens with one attached hydrogen (secondary N) is 2. The summed E-state index contributed by atoms with van der Waals surface area (Å²) in [5.74, 6) is -1.39. The molecule has 1 fully saturated rings. The number of hydrogen-bond donors (Lipinski definition) is 4. The van der Waals surface area contributed by atoms with Gasteiger partial charge in [-0.3, -0.25) is 14.4 Å². The Morgan fingerprint density at radius 2 is 1.38 bits per heavy atom. The molecule has 9 nitrogen and oxygen atoms in total. The Morgan fingerprint density at radius 3 is 1.82 bits per heavy atom. The summed E-state index contributed by atoms with van der Waals surface area (Å²) >= 11 is 3.14. The molecule has 1 saturated carbocycles. The zero-order valence-electron chi connectivity index (χ0n) is 24.9. The lowest BCUT2D eigenvalue weighted by molar-refractivity contribution is -0.143. The molecule has 1 aliphatic carbocycles. The van der Waals surface area contributed by atoms with Gasteiger partial charge in [-0.15, -0.1) is 0 Å². The fourth-order valence-electron chi connectivity index (χ4n) is 3.86. The van der Waals surface area contributed by atoms with Gasteiger partial charge in [-0.05, 0) is 39.5 Å². The number of aliphatic carboxylic acids is 2. The molecule has 4 unspecified atom stereocenters. The predicted octanol–water partition coefficient (Wildman–Crippen LogP) is 4.22. The van der Waals surface area contributed by atoms with Crippen molar-refractivity contribution < 1.29 is 34.1 Å². The lowest BCUT2D eigenvalue weighted by Crippen LogP contribution is -2.49. The number of amides is 1. The molecular weight excluding hydrogens is 540 g/mol. The minimum Gasteiger partial charge on any atom is -0.480 e. The SMILES string of the molecule is CC(C)NC(CSC1CCC1SCC(NC(=O)C(C)(C)CCOC(C)(C)CCC(=O)C(C)C)C(=O)O)C(=O)O. The Kier molecular flexibility index (Phi) is 14.9. The summed E-state index contributed by atoms with van der Waals surface area (Å²) < 4.78 is 5.99. The van der Waals surface area contributed by atoms with E-state index in [1.807, 2.05) is 41.5 Å². The van der Waals surface area contributed by atoms with Gasteiger partial charge in [0.1, 0.15) is 17.9 Å². The first-order valence-corrected chi connectivity index (χ1v) is 16.0. The van der Waals surface area contributed by atoms with E-state index in [4.69, 9.17) is 4.74 Å². The van der Waals surface area contributed by atoms with Crippen LogP contribution in [0.1, 0.15) is 87.5 Å². The number of rotatable bonds is 20. The quantitative estimate of drug-likeness (QED) is 0.163. The van der Waals surface area contributed by atoms with Crippen molar-refractivity contribution in [3.05, 3.63) is 0 Å². The Balaban J connectivity index is 2.53. The molecule has 0 saturated heterocycles. The van der Waals surface area contributed by atoms with Crippen molar-refractivity contribution in [2.24, 2.45) is 11.3 Å². The Labute approximate surface area is 242 Å². The van der Waals surface area contributed by atoms with Gasteiger partial charge >= 0.3 is 11.9 Å². The highest BCUT2D eigenvalue weighted by Gasteiger charge is 2.36. The van der Waals surface area contributed by atoms with Crippen LogP contribution in [0.5, 0.6) is 0 Å². The molecule has 1 rings (SSSR count). The summed E-state index contributed by atoms with van der Waals surface area (Å²) in [5, 5.41) is 25.4. The van der Waals surface area contributed by atoms with E-state index in [1.54, 1.807) is 25.6 Å². The number of carbonyl (C=O) groups excluding carboxylic acids is 2. The number of carbonyl (C=O) groups is 4. The Morgan fingerprint density at radius 1 is 0.872 bits per heavy atom. The van der Waals surface area contributed by atoms with E-state index in [1.165, 1.54) is 11.8 Å². The van der Waals surface area contributed by atoms with Crippen LogP contribution in [0, 0.1) is 11.3 Å². The van der Waals surface area contributed by atoms with Crippen molar-refractivity contribution >= 4 is 47.2 Å². The summed E-state index contributed by atoms with van der Waals surface area (Å²) in [5.41, 5.74) is -1.32. The minimum absolute atomic E-state index is 0.00554. The van der Waals surface area contributed by atoms with Crippen molar-refractivity contribution in [3.8, 4) is 0 Å². The van der Waals surface area contributed by atoms with E-state index in [2.05, 4.69) is 10.6 Å². The number of ether oxygens (including phenoxy) is 1. The monoisotopic (exact) mass is 590 g/mol. The van der Waals surface area contributed by atoms with Crippen LogP contribution in [0.4, 0.5) is 0 Å². The van der Waals surface area contributed by atoms with E-state index in [0.29, 0.717) is 31.6 Å². The van der Waals surface area contributed by atoms with Crippen molar-refractivity contribution in [1.29, 1.82) is 0 Å². The molecule has 0 aromatic carbocycles. The largest absolute Gasteiger partial charge is 0.480 e. The molecule has 1 aliphatic rings. The fraction of sp³-hybridized carbons (Fsp3) is 0.857. The van der Waals surface area contributed by atoms with Crippen LogP contribution in [0.25, 0.3) is 0 Å². The third kappa shape index (κ3) is 13.3. The van der Waals surface area contributed by atoms with Gasteiger partial charge in [0.2, 0.25) is 5.91 Å². The van der Waals surface area contributed by atoms with E-state index in [0.717, 1.165) is 12.8 Å². The normalized spacial score (nSPS) is 19.4. The van der Waals surface area contributed by atoms with Gasteiger partial charge in [-0.1, -0.05) is 41.5 Å². The maximum absolute atomic E-state index is 13.0. The molecule has 0 spiro atoms. The van der Waals surface area contributed by atoms with Gasteiger partial charge in [0, 0.05) is 52.4 Å². The maximum atomic E-state index is 13.0. The van der Waals surface area contributed by atoms with E-state index in [9.17, 15) is 29.4 Å². The first kappa shape index (κ1) is 35.7. The summed E-state index contributed by atoms with van der Waals surface area (Å²) in [6.45, 7) is 15.3. The molecule has 1 amide bonds. The smallest absolute Gasteiger partial charge is 0.327 e. The maximum Gasteiger partial charge on any atom is 0.327 e. The third-order valence-corrected chi connectivity index (χ3v) is 10.2. The van der Waals surface area contributed by atoms with Gasteiger partial charge in [0.05, 0.1) is 5.60 Å². The molecule has 0 heterocycles. The number of carboxylic acids is 2. The molecule has 0 radical (unpaired) electrons. The molecule has 0 aliphatic heterocycles. The summed E-state index contributed by atoms with van der Waals surface area (Å²) in [6, 6.07) is -1.56. The molecule has 0 aromatic rings. The van der Waals surface area contributed by atoms with Crippen LogP contribution < -0.4 is 10.6 Å². The van der Waals surface area contributed by atoms with Crippen LogP contribution in [0.15, 0.2) is 0 Å². The highest BCUT2D eigenvalue weighted by molar-refractivity contribution is 8.04. The fourth-order valence-corrected chi connectivity index (χ4v) is 6.98. The molecule has 4 atom stereocenters. The van der Waals surface area contributed by atoms with E-state index in [-0.39, 0.29) is 39.9 Å². The second-order valence-corrected chi connectivity index (χ2v) is 14.8. The first-order chi connectivity index (χ1) is 17.9. The van der Waals surface area contributed by atoms with Crippen LogP contribution in [-0.4, -0.2) is 86.2 Å². The van der Waals surface area contributed by atoms with Gasteiger partial charge in [-0.25, -0.2) is 4.79 Å².